The smallest absolute Gasteiger partial charge is 0.337 e. The number of hydrogen-bond donors (Lipinski definition) is 3. The summed E-state index contributed by atoms with van der Waals surface area (Å²) in [5.41, 5.74) is 4.41. The van der Waals surface area contributed by atoms with Crippen molar-refractivity contribution in [2.75, 3.05) is 59.9 Å². The number of aryl methyl sites for hydroxylation is 2. The van der Waals surface area contributed by atoms with Gasteiger partial charge >= 0.3 is 5.97 Å². The van der Waals surface area contributed by atoms with Gasteiger partial charge in [-0.15, -0.1) is 0 Å². The molecule has 0 atom stereocenters. The zero-order valence-corrected chi connectivity index (χ0v) is 37.5. The number of piperazine rings is 1. The van der Waals surface area contributed by atoms with Gasteiger partial charge in [-0.25, -0.2) is 28.5 Å². The Kier molecular flexibility index (Phi) is 14.2. The molecule has 0 bridgehead atoms. The van der Waals surface area contributed by atoms with Crippen LogP contribution in [0.25, 0.3) is 44.3 Å². The molecule has 4 heterocycles. The second-order valence-corrected chi connectivity index (χ2v) is 15.3. The minimum Gasteiger partial charge on any atom is -0.495 e. The Morgan fingerprint density at radius 2 is 1.25 bits per heavy atom. The summed E-state index contributed by atoms with van der Waals surface area (Å²) in [7, 11) is 5.52. The predicted octanol–water partition coefficient (Wildman–Crippen LogP) is 8.58. The van der Waals surface area contributed by atoms with Gasteiger partial charge in [-0.2, -0.15) is 0 Å². The Hall–Kier alpha value is -6.79. The van der Waals surface area contributed by atoms with Gasteiger partial charge in [-0.1, -0.05) is 41.4 Å². The number of benzene rings is 4. The third kappa shape index (κ3) is 9.40. The minimum atomic E-state index is -1.22. The lowest BCUT2D eigenvalue weighted by atomic mass is 9.99. The fourth-order valence-corrected chi connectivity index (χ4v) is 7.97. The first-order valence-electron chi connectivity index (χ1n) is 19.9. The number of amides is 1. The quantitative estimate of drug-likeness (QED) is 0.112. The van der Waals surface area contributed by atoms with Gasteiger partial charge in [-0.3, -0.25) is 19.7 Å². The van der Waals surface area contributed by atoms with Crippen LogP contribution in [0.1, 0.15) is 37.7 Å². The standard InChI is InChI=1S/C29H30Cl2N6O3.C17H12F2N2O4/c1-16-17(2)35-28-20(29(38)36-23-8-5-18(14-33-23)15-37-11-9-32-10-12-37)7-6-19(27(28)34-16)24-25(30)21(39-3)13-22(40-4)26(24)31;1-24-10-7-11(25-2)14(19)12(13(10)18)8-3-4-9(17(22)23)16-15(8)20-5-6-21-16/h5-8,13-14,32H,9-12,15H2,1-4H3,(H,33,36,38);3-7H,1-2H3,(H,22,23). The number of carboxylic acid groups (broad SMARTS) is 1. The molecule has 19 heteroatoms. The molecule has 0 spiro atoms. The number of carbonyl (C=O) groups excluding carboxylic acids is 1. The van der Waals surface area contributed by atoms with Gasteiger partial charge in [0.1, 0.15) is 28.4 Å². The van der Waals surface area contributed by atoms with E-state index < -0.39 is 23.2 Å². The number of rotatable bonds is 11. The number of carbonyl (C=O) groups is 2. The first-order valence-corrected chi connectivity index (χ1v) is 20.7. The number of ether oxygens (including phenoxy) is 4. The largest absolute Gasteiger partial charge is 0.495 e. The number of halogens is 4. The molecule has 4 aromatic carbocycles. The number of hydrogen-bond acceptors (Lipinski definition) is 13. The van der Waals surface area contributed by atoms with Crippen LogP contribution in [0.15, 0.2) is 67.1 Å². The molecule has 0 aliphatic carbocycles. The Morgan fingerprint density at radius 1 is 0.708 bits per heavy atom. The molecule has 65 heavy (non-hydrogen) atoms. The summed E-state index contributed by atoms with van der Waals surface area (Å²) in [6, 6.07) is 12.5. The van der Waals surface area contributed by atoms with E-state index in [-0.39, 0.29) is 39.6 Å². The lowest BCUT2D eigenvalue weighted by molar-refractivity contribution is 0.0698. The normalized spacial score (nSPS) is 12.6. The molecule has 1 aliphatic heterocycles. The molecule has 3 aromatic heterocycles. The van der Waals surface area contributed by atoms with E-state index in [2.05, 4.69) is 30.5 Å². The van der Waals surface area contributed by atoms with Crippen LogP contribution in [0.5, 0.6) is 23.0 Å². The van der Waals surface area contributed by atoms with E-state index in [4.69, 9.17) is 52.1 Å². The van der Waals surface area contributed by atoms with Crippen molar-refractivity contribution in [3.63, 3.8) is 0 Å². The summed E-state index contributed by atoms with van der Waals surface area (Å²) >= 11 is 13.5. The summed E-state index contributed by atoms with van der Waals surface area (Å²) < 4.78 is 50.2. The van der Waals surface area contributed by atoms with Crippen LogP contribution in [0.2, 0.25) is 10.0 Å². The average Bonchev–Trinajstić information content (AvgIpc) is 3.31. The highest BCUT2D eigenvalue weighted by atomic mass is 35.5. The molecular weight excluding hydrogens is 885 g/mol. The highest BCUT2D eigenvalue weighted by Gasteiger charge is 2.26. The zero-order valence-electron chi connectivity index (χ0n) is 36.0. The van der Waals surface area contributed by atoms with Crippen LogP contribution in [0.3, 0.4) is 0 Å². The van der Waals surface area contributed by atoms with E-state index in [1.165, 1.54) is 53.0 Å². The number of methoxy groups -OCH3 is 4. The Bertz CT molecular complexity index is 2900. The van der Waals surface area contributed by atoms with Gasteiger partial charge in [0.2, 0.25) is 0 Å². The summed E-state index contributed by atoms with van der Waals surface area (Å²) in [6.45, 7) is 8.51. The van der Waals surface area contributed by atoms with Crippen LogP contribution in [0, 0.1) is 25.5 Å². The van der Waals surface area contributed by atoms with Gasteiger partial charge in [0.05, 0.1) is 77.6 Å². The highest BCUT2D eigenvalue weighted by molar-refractivity contribution is 6.41. The van der Waals surface area contributed by atoms with Crippen LogP contribution >= 0.6 is 23.2 Å². The topological polar surface area (TPSA) is 183 Å². The number of aromatic nitrogens is 5. The van der Waals surface area contributed by atoms with Crippen LogP contribution < -0.4 is 29.6 Å². The molecule has 1 amide bonds. The maximum absolute atomic E-state index is 14.7. The Morgan fingerprint density at radius 3 is 1.80 bits per heavy atom. The van der Waals surface area contributed by atoms with Crippen molar-refractivity contribution in [3.8, 4) is 45.3 Å². The molecule has 15 nitrogen and oxygen atoms in total. The number of carboxylic acids is 1. The first kappa shape index (κ1) is 46.2. The SMILES string of the molecule is COc1cc(OC)c(Cl)c(-c2ccc(C(=O)Nc3ccc(CN4CCNCC4)cn3)c3nc(C)c(C)nc23)c1Cl.COc1cc(OC)c(F)c(-c2ccc(C(=O)O)c3nccnc23)c1F. The molecule has 8 rings (SSSR count). The number of anilines is 1. The number of pyridine rings is 1. The fourth-order valence-electron chi connectivity index (χ4n) is 7.27. The lowest BCUT2D eigenvalue weighted by Gasteiger charge is -2.27. The molecule has 1 aliphatic rings. The Balaban J connectivity index is 0.000000216. The van der Waals surface area contributed by atoms with E-state index in [1.807, 2.05) is 26.0 Å². The van der Waals surface area contributed by atoms with E-state index in [0.717, 1.165) is 50.0 Å². The maximum atomic E-state index is 14.7. The van der Waals surface area contributed by atoms with E-state index in [0.29, 0.717) is 60.8 Å². The molecule has 0 unspecified atom stereocenters. The minimum absolute atomic E-state index is 0.0214. The molecule has 7 aromatic rings. The summed E-state index contributed by atoms with van der Waals surface area (Å²) in [5, 5.41) is 16.1. The van der Waals surface area contributed by atoms with Crippen molar-refractivity contribution in [1.82, 2.24) is 35.1 Å². The highest BCUT2D eigenvalue weighted by Crippen LogP contribution is 2.48. The molecule has 1 saturated heterocycles. The van der Waals surface area contributed by atoms with Crippen molar-refractivity contribution in [3.05, 3.63) is 117 Å². The average molecular weight is 928 g/mol. The predicted molar refractivity (Wildman–Crippen MR) is 243 cm³/mol. The summed E-state index contributed by atoms with van der Waals surface area (Å²) in [5.74, 6) is -2.65. The second kappa shape index (κ2) is 19.9. The number of nitrogens with zero attached hydrogens (tertiary/aromatic N) is 6. The zero-order chi connectivity index (χ0) is 46.5. The van der Waals surface area contributed by atoms with Crippen molar-refractivity contribution in [1.29, 1.82) is 0 Å². The van der Waals surface area contributed by atoms with Crippen molar-refractivity contribution >= 4 is 63.0 Å². The van der Waals surface area contributed by atoms with Crippen molar-refractivity contribution in [2.45, 2.75) is 20.4 Å². The van der Waals surface area contributed by atoms with Gasteiger partial charge in [0.15, 0.2) is 23.1 Å². The molecular formula is C46H42Cl2F2N8O7. The second-order valence-electron chi connectivity index (χ2n) is 14.6. The van der Waals surface area contributed by atoms with Gasteiger partial charge < -0.3 is 34.7 Å². The van der Waals surface area contributed by atoms with E-state index in [9.17, 15) is 23.5 Å². The monoisotopic (exact) mass is 926 g/mol. The summed E-state index contributed by atoms with van der Waals surface area (Å²) in [6.07, 6.45) is 4.41. The molecule has 1 fully saturated rings. The van der Waals surface area contributed by atoms with Crippen molar-refractivity contribution < 1.29 is 42.4 Å². The molecule has 0 radical (unpaired) electrons. The van der Waals surface area contributed by atoms with Gasteiger partial charge in [-0.05, 0) is 37.6 Å². The third-order valence-corrected chi connectivity index (χ3v) is 11.5. The Labute approximate surface area is 381 Å². The third-order valence-electron chi connectivity index (χ3n) is 10.7. The van der Waals surface area contributed by atoms with Crippen LogP contribution in [0.4, 0.5) is 14.6 Å². The number of fused-ring (bicyclic) bond motifs is 2. The van der Waals surface area contributed by atoms with E-state index in [1.54, 1.807) is 24.4 Å². The van der Waals surface area contributed by atoms with Gasteiger partial charge in [0, 0.05) is 80.1 Å². The summed E-state index contributed by atoms with van der Waals surface area (Å²) in [4.78, 5) is 49.2. The molecule has 0 saturated carbocycles. The van der Waals surface area contributed by atoms with Gasteiger partial charge in [0.25, 0.3) is 5.91 Å². The molecule has 3 N–H and O–H groups in total. The number of aromatic carboxylic acids is 1. The van der Waals surface area contributed by atoms with Crippen LogP contribution in [-0.4, -0.2) is 101 Å². The fraction of sp³-hybridized carbons (Fsp3) is 0.239. The molecule has 336 valence electrons. The van der Waals surface area contributed by atoms with Crippen molar-refractivity contribution in [2.24, 2.45) is 0 Å². The van der Waals surface area contributed by atoms with Crippen LogP contribution in [-0.2, 0) is 6.54 Å². The lowest BCUT2D eigenvalue weighted by Crippen LogP contribution is -2.42. The maximum Gasteiger partial charge on any atom is 0.337 e. The van der Waals surface area contributed by atoms with E-state index >= 15 is 0 Å². The number of nitrogens with one attached hydrogen (secondary N) is 2. The first-order chi connectivity index (χ1) is 31.3.